The van der Waals surface area contributed by atoms with Crippen LogP contribution in [-0.4, -0.2) is 11.9 Å². The number of ether oxygens (including phenoxy) is 1. The van der Waals surface area contributed by atoms with Gasteiger partial charge in [0.05, 0.1) is 11.5 Å². The molecule has 0 fully saturated rings. The highest BCUT2D eigenvalue weighted by Crippen LogP contribution is 2.26. The highest BCUT2D eigenvalue weighted by Gasteiger charge is 2.20. The zero-order chi connectivity index (χ0) is 17.3. The first-order chi connectivity index (χ1) is 10.7. The molecular weight excluding hydrogens is 651 g/mol. The van der Waals surface area contributed by atoms with Gasteiger partial charge in [0.25, 0.3) is 0 Å². The van der Waals surface area contributed by atoms with Gasteiger partial charge in [-0.25, -0.2) is 9.18 Å². The maximum absolute atomic E-state index is 13.8. The average Bonchev–Trinajstić information content (AvgIpc) is 2.47. The summed E-state index contributed by atoms with van der Waals surface area (Å²) in [6.45, 7) is 0. The Hall–Kier alpha value is -0.570. The van der Waals surface area contributed by atoms with Gasteiger partial charge in [-0.15, -0.1) is 0 Å². The van der Waals surface area contributed by atoms with Crippen LogP contribution < -0.4 is 9.84 Å². The zero-order valence-corrected chi connectivity index (χ0v) is 17.3. The normalized spacial score (nSPS) is 10.5. The van der Waals surface area contributed by atoms with Crippen molar-refractivity contribution in [3.63, 3.8) is 0 Å². The van der Waals surface area contributed by atoms with E-state index in [0.717, 1.165) is 19.3 Å². The summed E-state index contributed by atoms with van der Waals surface area (Å²) < 4.78 is 34.4. The van der Waals surface area contributed by atoms with E-state index in [1.807, 2.05) is 73.8 Å². The van der Waals surface area contributed by atoms with Crippen LogP contribution in [0.3, 0.4) is 0 Å². The minimum absolute atomic E-state index is 0.200. The molecule has 0 aliphatic rings. The predicted molar refractivity (Wildman–Crippen MR) is 100 cm³/mol. The Labute approximate surface area is 170 Å². The molecule has 0 spiro atoms. The Kier molecular flexibility index (Phi) is 6.16. The molecule has 9 heteroatoms. The van der Waals surface area contributed by atoms with Crippen molar-refractivity contribution in [3.8, 4) is 5.75 Å². The minimum atomic E-state index is -1.86. The summed E-state index contributed by atoms with van der Waals surface area (Å²) >= 11 is 5.99. The molecule has 4 nitrogen and oxygen atoms in total. The number of aromatic carboxylic acids is 1. The van der Waals surface area contributed by atoms with Crippen LogP contribution in [0.15, 0.2) is 24.3 Å². The Morgan fingerprint density at radius 2 is 1.65 bits per heavy atom. The number of esters is 1. The van der Waals surface area contributed by atoms with E-state index in [-0.39, 0.29) is 5.56 Å². The van der Waals surface area contributed by atoms with Crippen LogP contribution in [0.2, 0.25) is 0 Å². The lowest BCUT2D eigenvalue weighted by atomic mass is 10.2. The molecule has 2 aromatic carbocycles. The smallest absolute Gasteiger partial charge is 0.344 e. The molecule has 0 atom stereocenters. The van der Waals surface area contributed by atoms with E-state index in [1.165, 1.54) is 0 Å². The van der Waals surface area contributed by atoms with Crippen LogP contribution in [0, 0.1) is 22.3 Å². The molecule has 0 saturated carbocycles. The summed E-state index contributed by atoms with van der Waals surface area (Å²) in [4.78, 5) is 22.8. The van der Waals surface area contributed by atoms with Crippen molar-refractivity contribution in [2.75, 3.05) is 0 Å². The van der Waals surface area contributed by atoms with Gasteiger partial charge in [0.2, 0.25) is 5.82 Å². The lowest BCUT2D eigenvalue weighted by molar-refractivity contribution is -0.255. The standard InChI is InChI=1S/C14H5F2I3O4/c15-10-6(13(20)21)1-2-9(11(10)16)23-14(22)7-3-5(17)4-8(18)12(7)19/h1-4H,(H,20,21)/p-1. The van der Waals surface area contributed by atoms with Gasteiger partial charge in [-0.05, 0) is 92.0 Å². The fraction of sp³-hybridized carbons (Fsp3) is 0. The van der Waals surface area contributed by atoms with E-state index < -0.39 is 34.9 Å². The van der Waals surface area contributed by atoms with Crippen molar-refractivity contribution in [1.82, 2.24) is 0 Å². The average molecular weight is 655 g/mol. The lowest BCUT2D eigenvalue weighted by Crippen LogP contribution is -2.24. The third-order valence-electron chi connectivity index (χ3n) is 2.68. The highest BCUT2D eigenvalue weighted by atomic mass is 127. The van der Waals surface area contributed by atoms with E-state index in [1.54, 1.807) is 6.07 Å². The number of carbonyl (C=O) groups excluding carboxylic acids is 2. The molecule has 0 radical (unpaired) electrons. The van der Waals surface area contributed by atoms with Crippen LogP contribution in [0.4, 0.5) is 8.78 Å². The largest absolute Gasteiger partial charge is 0.545 e. The second-order valence-electron chi connectivity index (χ2n) is 4.17. The number of hydrogen-bond acceptors (Lipinski definition) is 4. The minimum Gasteiger partial charge on any atom is -0.545 e. The first-order valence-electron chi connectivity index (χ1n) is 5.78. The maximum atomic E-state index is 13.8. The topological polar surface area (TPSA) is 66.4 Å². The molecule has 23 heavy (non-hydrogen) atoms. The molecule has 0 N–H and O–H groups in total. The monoisotopic (exact) mass is 655 g/mol. The summed E-state index contributed by atoms with van der Waals surface area (Å²) in [5.74, 6) is -6.62. The molecular formula is C14H4F2I3O4-. The fourth-order valence-electron chi connectivity index (χ4n) is 1.63. The van der Waals surface area contributed by atoms with Gasteiger partial charge in [0.15, 0.2) is 11.6 Å². The quantitative estimate of drug-likeness (QED) is 0.221. The van der Waals surface area contributed by atoms with Gasteiger partial charge < -0.3 is 14.6 Å². The summed E-state index contributed by atoms with van der Waals surface area (Å²) in [6.07, 6.45) is 0. The Morgan fingerprint density at radius 3 is 2.26 bits per heavy atom. The second kappa shape index (κ2) is 7.55. The van der Waals surface area contributed by atoms with Gasteiger partial charge in [-0.1, -0.05) is 0 Å². The molecule has 0 unspecified atom stereocenters. The molecule has 0 saturated heterocycles. The zero-order valence-electron chi connectivity index (χ0n) is 10.8. The number of carbonyl (C=O) groups is 2. The summed E-state index contributed by atoms with van der Waals surface area (Å²) in [5, 5.41) is 10.6. The molecule has 0 amide bonds. The van der Waals surface area contributed by atoms with Crippen LogP contribution in [0.25, 0.3) is 0 Å². The van der Waals surface area contributed by atoms with Gasteiger partial charge >= 0.3 is 5.97 Å². The molecule has 0 aliphatic carbocycles. The SMILES string of the molecule is O=C([O-])c1ccc(OC(=O)c2cc(I)cc(I)c2I)c(F)c1F. The molecule has 0 bridgehead atoms. The maximum Gasteiger partial charge on any atom is 0.344 e. The molecule has 2 aromatic rings. The highest BCUT2D eigenvalue weighted by molar-refractivity contribution is 14.1. The predicted octanol–water partition coefficient (Wildman–Crippen LogP) is 3.36. The van der Waals surface area contributed by atoms with Crippen molar-refractivity contribution in [1.29, 1.82) is 0 Å². The Balaban J connectivity index is 2.39. The van der Waals surface area contributed by atoms with Crippen molar-refractivity contribution in [2.45, 2.75) is 0 Å². The number of halogens is 5. The summed E-state index contributed by atoms with van der Waals surface area (Å²) in [7, 11) is 0. The van der Waals surface area contributed by atoms with Gasteiger partial charge in [-0.2, -0.15) is 4.39 Å². The van der Waals surface area contributed by atoms with Crippen LogP contribution >= 0.6 is 67.8 Å². The van der Waals surface area contributed by atoms with Crippen LogP contribution in [0.1, 0.15) is 20.7 Å². The van der Waals surface area contributed by atoms with E-state index in [2.05, 4.69) is 0 Å². The number of hydrogen-bond donors (Lipinski definition) is 0. The van der Waals surface area contributed by atoms with Crippen LogP contribution in [-0.2, 0) is 0 Å². The van der Waals surface area contributed by atoms with Gasteiger partial charge in [0.1, 0.15) is 0 Å². The van der Waals surface area contributed by atoms with Crippen molar-refractivity contribution < 1.29 is 28.2 Å². The molecule has 0 aromatic heterocycles. The third kappa shape index (κ3) is 4.10. The van der Waals surface area contributed by atoms with E-state index in [9.17, 15) is 23.5 Å². The fourth-order valence-corrected chi connectivity index (χ4v) is 4.00. The van der Waals surface area contributed by atoms with E-state index >= 15 is 0 Å². The van der Waals surface area contributed by atoms with Crippen LogP contribution in [0.5, 0.6) is 5.75 Å². The number of rotatable bonds is 3. The number of benzene rings is 2. The first-order valence-corrected chi connectivity index (χ1v) is 9.02. The Bertz CT molecular complexity index is 824. The molecule has 2 rings (SSSR count). The van der Waals surface area contributed by atoms with E-state index in [4.69, 9.17) is 4.74 Å². The molecule has 0 heterocycles. The van der Waals surface area contributed by atoms with E-state index in [0.29, 0.717) is 3.57 Å². The van der Waals surface area contributed by atoms with Gasteiger partial charge in [0, 0.05) is 16.3 Å². The third-order valence-corrected chi connectivity index (χ3v) is 6.35. The van der Waals surface area contributed by atoms with Crippen molar-refractivity contribution >= 4 is 79.7 Å². The second-order valence-corrected chi connectivity index (χ2v) is 7.65. The molecule has 120 valence electrons. The Morgan fingerprint density at radius 1 is 1.00 bits per heavy atom. The summed E-state index contributed by atoms with van der Waals surface area (Å²) in [6, 6.07) is 5.04. The van der Waals surface area contributed by atoms with Gasteiger partial charge in [-0.3, -0.25) is 0 Å². The van der Waals surface area contributed by atoms with Crippen molar-refractivity contribution in [3.05, 3.63) is 57.7 Å². The lowest BCUT2D eigenvalue weighted by Gasteiger charge is -2.11. The number of carboxylic acid groups (broad SMARTS) is 1. The first kappa shape index (κ1) is 18.8. The van der Waals surface area contributed by atoms with Crippen molar-refractivity contribution in [2.24, 2.45) is 0 Å². The summed E-state index contributed by atoms with van der Waals surface area (Å²) in [5.41, 5.74) is -0.744. The molecule has 0 aliphatic heterocycles. The number of carboxylic acids is 1.